The smallest absolute Gasteiger partial charge is 0.260 e. The van der Waals surface area contributed by atoms with E-state index >= 15 is 0 Å². The van der Waals surface area contributed by atoms with Crippen molar-refractivity contribution < 1.29 is 19.0 Å². The molecule has 6 nitrogen and oxygen atoms in total. The highest BCUT2D eigenvalue weighted by atomic mass is 16.5. The van der Waals surface area contributed by atoms with Crippen molar-refractivity contribution in [2.24, 2.45) is 0 Å². The molecule has 6 heteroatoms. The monoisotopic (exact) mass is 318 g/mol. The van der Waals surface area contributed by atoms with Crippen LogP contribution in [0, 0.1) is 11.3 Å². The molecule has 1 aliphatic rings. The summed E-state index contributed by atoms with van der Waals surface area (Å²) in [6, 6.07) is 6.96. The molecule has 0 aliphatic carbocycles. The first kappa shape index (κ1) is 17.1. The molecule has 2 unspecified atom stereocenters. The van der Waals surface area contributed by atoms with Gasteiger partial charge in [0.1, 0.15) is 0 Å². The molecule has 124 valence electrons. The van der Waals surface area contributed by atoms with Gasteiger partial charge in [-0.15, -0.1) is 0 Å². The number of hydrogen-bond donors (Lipinski definition) is 0. The van der Waals surface area contributed by atoms with Crippen molar-refractivity contribution in [2.45, 2.75) is 33.0 Å². The number of carbonyl (C=O) groups is 1. The third-order valence-corrected chi connectivity index (χ3v) is 3.50. The van der Waals surface area contributed by atoms with E-state index in [0.717, 1.165) is 0 Å². The second-order valence-electron chi connectivity index (χ2n) is 5.55. The van der Waals surface area contributed by atoms with Gasteiger partial charge in [-0.3, -0.25) is 4.79 Å². The molecule has 0 N–H and O–H groups in total. The van der Waals surface area contributed by atoms with E-state index in [1.165, 1.54) is 0 Å². The van der Waals surface area contributed by atoms with Crippen LogP contribution in [0.4, 0.5) is 0 Å². The Labute approximate surface area is 136 Å². The van der Waals surface area contributed by atoms with Gasteiger partial charge < -0.3 is 19.1 Å². The second-order valence-corrected chi connectivity index (χ2v) is 5.55. The zero-order valence-electron chi connectivity index (χ0n) is 13.7. The van der Waals surface area contributed by atoms with E-state index < -0.39 is 0 Å². The van der Waals surface area contributed by atoms with Gasteiger partial charge >= 0.3 is 0 Å². The molecule has 1 aromatic rings. The minimum atomic E-state index is -0.0844. The van der Waals surface area contributed by atoms with E-state index in [4.69, 9.17) is 19.5 Å². The lowest BCUT2D eigenvalue weighted by atomic mass is 10.2. The molecular weight excluding hydrogens is 296 g/mol. The Bertz CT molecular complexity index is 587. The fourth-order valence-electron chi connectivity index (χ4n) is 2.58. The van der Waals surface area contributed by atoms with Crippen LogP contribution in [-0.4, -0.2) is 49.3 Å². The Kier molecular flexibility index (Phi) is 5.83. The Morgan fingerprint density at radius 3 is 2.61 bits per heavy atom. The number of benzene rings is 1. The molecule has 1 amide bonds. The third-order valence-electron chi connectivity index (χ3n) is 3.50. The largest absolute Gasteiger partial charge is 0.490 e. The van der Waals surface area contributed by atoms with E-state index in [1.54, 1.807) is 23.1 Å². The van der Waals surface area contributed by atoms with Crippen LogP contribution in [-0.2, 0) is 9.53 Å². The Hall–Kier alpha value is -2.26. The van der Waals surface area contributed by atoms with Crippen molar-refractivity contribution in [3.05, 3.63) is 23.8 Å². The zero-order valence-corrected chi connectivity index (χ0v) is 13.7. The van der Waals surface area contributed by atoms with Crippen molar-refractivity contribution in [2.75, 3.05) is 26.3 Å². The molecule has 0 aromatic heterocycles. The molecule has 1 aromatic carbocycles. The Morgan fingerprint density at radius 2 is 2.00 bits per heavy atom. The van der Waals surface area contributed by atoms with Gasteiger partial charge in [0.05, 0.1) is 30.4 Å². The molecular formula is C17H22N2O4. The van der Waals surface area contributed by atoms with Gasteiger partial charge in [-0.2, -0.15) is 5.26 Å². The highest BCUT2D eigenvalue weighted by Gasteiger charge is 2.26. The molecule has 2 atom stereocenters. The first-order valence-electron chi connectivity index (χ1n) is 7.76. The van der Waals surface area contributed by atoms with Crippen molar-refractivity contribution in [3.8, 4) is 17.6 Å². The van der Waals surface area contributed by atoms with Gasteiger partial charge in [0, 0.05) is 19.2 Å². The number of amides is 1. The first-order chi connectivity index (χ1) is 11.0. The Balaban J connectivity index is 2.00. The number of ether oxygens (including phenoxy) is 3. The average molecular weight is 318 g/mol. The minimum absolute atomic E-state index is 0.0246. The number of nitriles is 1. The topological polar surface area (TPSA) is 71.8 Å². The Morgan fingerprint density at radius 1 is 1.30 bits per heavy atom. The lowest BCUT2D eigenvalue weighted by molar-refractivity contribution is -0.145. The van der Waals surface area contributed by atoms with E-state index in [-0.39, 0.29) is 24.7 Å². The van der Waals surface area contributed by atoms with Crippen LogP contribution in [0.3, 0.4) is 0 Å². The maximum absolute atomic E-state index is 12.3. The van der Waals surface area contributed by atoms with Crippen LogP contribution in [0.25, 0.3) is 0 Å². The summed E-state index contributed by atoms with van der Waals surface area (Å²) in [6.45, 7) is 7.28. The van der Waals surface area contributed by atoms with Crippen molar-refractivity contribution in [1.29, 1.82) is 5.26 Å². The van der Waals surface area contributed by atoms with E-state index in [0.29, 0.717) is 36.8 Å². The fourth-order valence-corrected chi connectivity index (χ4v) is 2.58. The molecule has 23 heavy (non-hydrogen) atoms. The highest BCUT2D eigenvalue weighted by molar-refractivity contribution is 5.78. The summed E-state index contributed by atoms with van der Waals surface area (Å²) in [5.74, 6) is 0.857. The lowest BCUT2D eigenvalue weighted by Crippen LogP contribution is -2.49. The van der Waals surface area contributed by atoms with Gasteiger partial charge in [0.15, 0.2) is 18.1 Å². The van der Waals surface area contributed by atoms with Gasteiger partial charge in [0.25, 0.3) is 5.91 Å². The zero-order chi connectivity index (χ0) is 16.8. The second kappa shape index (κ2) is 7.84. The molecule has 1 saturated heterocycles. The van der Waals surface area contributed by atoms with Crippen LogP contribution < -0.4 is 9.47 Å². The van der Waals surface area contributed by atoms with Gasteiger partial charge in [-0.1, -0.05) is 0 Å². The van der Waals surface area contributed by atoms with Crippen molar-refractivity contribution in [1.82, 2.24) is 4.90 Å². The maximum Gasteiger partial charge on any atom is 0.260 e. The van der Waals surface area contributed by atoms with E-state index in [9.17, 15) is 4.79 Å². The van der Waals surface area contributed by atoms with Crippen LogP contribution in [0.1, 0.15) is 26.3 Å². The number of hydrogen-bond acceptors (Lipinski definition) is 5. The molecule has 1 fully saturated rings. The number of morpholine rings is 1. The average Bonchev–Trinajstić information content (AvgIpc) is 2.52. The molecule has 2 rings (SSSR count). The molecule has 1 aliphatic heterocycles. The van der Waals surface area contributed by atoms with Crippen LogP contribution in [0.2, 0.25) is 0 Å². The van der Waals surface area contributed by atoms with Gasteiger partial charge in [-0.05, 0) is 32.9 Å². The normalized spacial score (nSPS) is 20.7. The van der Waals surface area contributed by atoms with Crippen molar-refractivity contribution >= 4 is 5.91 Å². The fraction of sp³-hybridized carbons (Fsp3) is 0.529. The standard InChI is InChI=1S/C17H22N2O4/c1-4-21-16-7-14(8-18)5-6-15(16)22-11-17(20)19-9-12(2)23-13(3)10-19/h5-7,12-13H,4,9-11H2,1-3H3. The summed E-state index contributed by atoms with van der Waals surface area (Å²) in [6.07, 6.45) is 0.0493. The highest BCUT2D eigenvalue weighted by Crippen LogP contribution is 2.28. The molecule has 0 bridgehead atoms. The lowest BCUT2D eigenvalue weighted by Gasteiger charge is -2.35. The summed E-state index contributed by atoms with van der Waals surface area (Å²) in [5, 5.41) is 8.94. The summed E-state index contributed by atoms with van der Waals surface area (Å²) in [4.78, 5) is 14.1. The number of rotatable bonds is 5. The molecule has 0 saturated carbocycles. The molecule has 0 radical (unpaired) electrons. The van der Waals surface area contributed by atoms with Crippen LogP contribution in [0.5, 0.6) is 11.5 Å². The summed E-state index contributed by atoms with van der Waals surface area (Å²) in [7, 11) is 0. The molecule has 1 heterocycles. The number of nitrogens with zero attached hydrogens (tertiary/aromatic N) is 2. The van der Waals surface area contributed by atoms with Crippen LogP contribution in [0.15, 0.2) is 18.2 Å². The number of carbonyl (C=O) groups excluding carboxylic acids is 1. The predicted molar refractivity (Wildman–Crippen MR) is 84.4 cm³/mol. The first-order valence-corrected chi connectivity index (χ1v) is 7.76. The van der Waals surface area contributed by atoms with Crippen LogP contribution >= 0.6 is 0 Å². The van der Waals surface area contributed by atoms with E-state index in [2.05, 4.69) is 6.07 Å². The third kappa shape index (κ3) is 4.60. The van der Waals surface area contributed by atoms with E-state index in [1.807, 2.05) is 20.8 Å². The van der Waals surface area contributed by atoms with Crippen molar-refractivity contribution in [3.63, 3.8) is 0 Å². The molecule has 0 spiro atoms. The maximum atomic E-state index is 12.3. The summed E-state index contributed by atoms with van der Waals surface area (Å²) < 4.78 is 16.7. The minimum Gasteiger partial charge on any atom is -0.490 e. The SMILES string of the molecule is CCOc1cc(C#N)ccc1OCC(=O)N1CC(C)OC(C)C1. The van der Waals surface area contributed by atoms with Gasteiger partial charge in [-0.25, -0.2) is 0 Å². The van der Waals surface area contributed by atoms with Gasteiger partial charge in [0.2, 0.25) is 0 Å². The quantitative estimate of drug-likeness (QED) is 0.830. The summed E-state index contributed by atoms with van der Waals surface area (Å²) in [5.41, 5.74) is 0.489. The predicted octanol–water partition coefficient (Wildman–Crippen LogP) is 1.97. The summed E-state index contributed by atoms with van der Waals surface area (Å²) >= 11 is 0.